The molecule has 1 heterocycles. The van der Waals surface area contributed by atoms with Gasteiger partial charge in [0.1, 0.15) is 23.2 Å². The van der Waals surface area contributed by atoms with E-state index in [-0.39, 0.29) is 28.7 Å². The van der Waals surface area contributed by atoms with Crippen molar-refractivity contribution >= 4 is 34.5 Å². The van der Waals surface area contributed by atoms with Gasteiger partial charge in [0.05, 0.1) is 21.8 Å². The summed E-state index contributed by atoms with van der Waals surface area (Å²) in [4.78, 5) is 37.5. The molecular formula is C26H20ClF2N3O4. The quantitative estimate of drug-likeness (QED) is 0.382. The lowest BCUT2D eigenvalue weighted by atomic mass is 10.0. The van der Waals surface area contributed by atoms with Crippen LogP contribution >= 0.6 is 11.6 Å². The van der Waals surface area contributed by atoms with E-state index in [1.165, 1.54) is 22.8 Å². The number of carbonyl (C=O) groups excluding carboxylic acids is 1. The first kappa shape index (κ1) is 23.7. The number of carbonyl (C=O) groups is 2. The van der Waals surface area contributed by atoms with Gasteiger partial charge in [-0.3, -0.25) is 13.9 Å². The van der Waals surface area contributed by atoms with Crippen LogP contribution in [0, 0.1) is 11.6 Å². The van der Waals surface area contributed by atoms with Crippen LogP contribution in [0.25, 0.3) is 16.7 Å². The van der Waals surface area contributed by atoms with Crippen molar-refractivity contribution in [2.24, 2.45) is 0 Å². The van der Waals surface area contributed by atoms with E-state index in [0.717, 1.165) is 18.9 Å². The van der Waals surface area contributed by atoms with Crippen LogP contribution in [0.4, 0.5) is 8.78 Å². The monoisotopic (exact) mass is 511 g/mol. The van der Waals surface area contributed by atoms with E-state index < -0.39 is 35.1 Å². The van der Waals surface area contributed by atoms with Gasteiger partial charge in [-0.2, -0.15) is 0 Å². The van der Waals surface area contributed by atoms with Crippen LogP contribution in [0.2, 0.25) is 5.02 Å². The number of imidazole rings is 1. The average Bonchev–Trinajstić information content (AvgIpc) is 3.62. The van der Waals surface area contributed by atoms with E-state index in [1.54, 1.807) is 41.0 Å². The maximum Gasteiger partial charge on any atom is 0.334 e. The summed E-state index contributed by atoms with van der Waals surface area (Å²) >= 11 is 5.91. The molecule has 1 aliphatic rings. The van der Waals surface area contributed by atoms with Crippen molar-refractivity contribution < 1.29 is 23.5 Å². The lowest BCUT2D eigenvalue weighted by Gasteiger charge is -2.16. The zero-order valence-electron chi connectivity index (χ0n) is 18.7. The van der Waals surface area contributed by atoms with Crippen LogP contribution in [0.3, 0.4) is 0 Å². The van der Waals surface area contributed by atoms with Gasteiger partial charge in [-0.1, -0.05) is 35.9 Å². The van der Waals surface area contributed by atoms with Crippen LogP contribution in [-0.4, -0.2) is 32.2 Å². The predicted molar refractivity (Wildman–Crippen MR) is 130 cm³/mol. The Hall–Kier alpha value is -3.98. The molecule has 1 aromatic heterocycles. The Labute approximate surface area is 208 Å². The van der Waals surface area contributed by atoms with E-state index >= 15 is 0 Å². The minimum atomic E-state index is -1.36. The van der Waals surface area contributed by atoms with E-state index in [4.69, 9.17) is 11.6 Å². The van der Waals surface area contributed by atoms with Gasteiger partial charge >= 0.3 is 11.7 Å². The maximum atomic E-state index is 14.8. The van der Waals surface area contributed by atoms with E-state index in [0.29, 0.717) is 16.8 Å². The van der Waals surface area contributed by atoms with Crippen molar-refractivity contribution in [2.75, 3.05) is 0 Å². The third-order valence-electron chi connectivity index (χ3n) is 6.19. The van der Waals surface area contributed by atoms with Crippen LogP contribution in [-0.2, 0) is 11.2 Å². The topological polar surface area (TPSA) is 93.3 Å². The number of rotatable bonds is 7. The Kier molecular flexibility index (Phi) is 6.09. The fraction of sp³-hybridized carbons (Fsp3) is 0.192. The normalized spacial score (nSPS) is 14.1. The second-order valence-electron chi connectivity index (χ2n) is 8.66. The summed E-state index contributed by atoms with van der Waals surface area (Å²) in [6.07, 6.45) is 1.60. The van der Waals surface area contributed by atoms with Gasteiger partial charge in [-0.05, 0) is 54.8 Å². The largest absolute Gasteiger partial charge is 0.480 e. The molecule has 1 fully saturated rings. The first-order valence-electron chi connectivity index (χ1n) is 11.2. The van der Waals surface area contributed by atoms with E-state index in [1.807, 2.05) is 0 Å². The van der Waals surface area contributed by atoms with Gasteiger partial charge in [0, 0.05) is 12.5 Å². The molecule has 3 aromatic carbocycles. The standard InChI is InChI=1S/C26H20ClF2N3O4/c27-17-3-1-4-18(28)22(17)24(33)30-20(25(34)35)13-14-7-9-16(10-8-14)32-23-19(29)5-2-6-21(23)31(26(32)36)15-11-12-15/h1-10,15,20H,11-13H2,(H,30,33)(H,34,35)/t20-/m0/s1. The van der Waals surface area contributed by atoms with Gasteiger partial charge < -0.3 is 10.4 Å². The number of carboxylic acids is 1. The Morgan fingerprint density at radius 2 is 1.69 bits per heavy atom. The van der Waals surface area contributed by atoms with Crippen LogP contribution in [0.15, 0.2) is 65.5 Å². The number of nitrogens with one attached hydrogen (secondary N) is 1. The third kappa shape index (κ3) is 4.26. The number of benzene rings is 3. The number of aliphatic carboxylic acids is 1. The zero-order valence-corrected chi connectivity index (χ0v) is 19.5. The van der Waals surface area contributed by atoms with Gasteiger partial charge in [0.15, 0.2) is 0 Å². The highest BCUT2D eigenvalue weighted by Crippen LogP contribution is 2.37. The molecule has 1 saturated carbocycles. The number of aromatic nitrogens is 2. The summed E-state index contributed by atoms with van der Waals surface area (Å²) in [5.41, 5.74) is 0.876. The number of halogens is 3. The molecule has 5 rings (SSSR count). The molecule has 0 bridgehead atoms. The van der Waals surface area contributed by atoms with Gasteiger partial charge in [-0.15, -0.1) is 0 Å². The molecule has 4 aromatic rings. The number of hydrogen-bond donors (Lipinski definition) is 2. The Balaban J connectivity index is 1.42. The lowest BCUT2D eigenvalue weighted by molar-refractivity contribution is -0.139. The number of nitrogens with zero attached hydrogens (tertiary/aromatic N) is 2. The Morgan fingerprint density at radius 3 is 2.33 bits per heavy atom. The highest BCUT2D eigenvalue weighted by molar-refractivity contribution is 6.33. The first-order valence-corrected chi connectivity index (χ1v) is 11.6. The lowest BCUT2D eigenvalue weighted by Crippen LogP contribution is -2.42. The number of amides is 1. The van der Waals surface area contributed by atoms with Gasteiger partial charge in [0.2, 0.25) is 0 Å². The summed E-state index contributed by atoms with van der Waals surface area (Å²) in [6.45, 7) is 0. The number of carboxylic acid groups (broad SMARTS) is 1. The Bertz CT molecular complexity index is 1540. The fourth-order valence-corrected chi connectivity index (χ4v) is 4.56. The van der Waals surface area contributed by atoms with Crippen molar-refractivity contribution in [3.8, 4) is 5.69 Å². The highest BCUT2D eigenvalue weighted by atomic mass is 35.5. The van der Waals surface area contributed by atoms with Crippen molar-refractivity contribution in [3.05, 3.63) is 98.9 Å². The molecule has 1 amide bonds. The third-order valence-corrected chi connectivity index (χ3v) is 6.50. The smallest absolute Gasteiger partial charge is 0.334 e. The van der Waals surface area contributed by atoms with Crippen molar-refractivity contribution in [1.29, 1.82) is 0 Å². The summed E-state index contributed by atoms with van der Waals surface area (Å²) in [7, 11) is 0. The zero-order chi connectivity index (χ0) is 25.6. The second-order valence-corrected chi connectivity index (χ2v) is 9.07. The molecule has 184 valence electrons. The molecule has 0 spiro atoms. The van der Waals surface area contributed by atoms with Gasteiger partial charge in [0.25, 0.3) is 5.91 Å². The number of fused-ring (bicyclic) bond motifs is 1. The SMILES string of the molecule is O=C(N[C@@H](Cc1ccc(-n2c(=O)n(C3CC3)c3cccc(F)c32)cc1)C(=O)O)c1c(F)cccc1Cl. The van der Waals surface area contributed by atoms with E-state index in [2.05, 4.69) is 5.32 Å². The molecule has 1 aliphatic carbocycles. The van der Waals surface area contributed by atoms with Crippen molar-refractivity contribution in [1.82, 2.24) is 14.5 Å². The van der Waals surface area contributed by atoms with Gasteiger partial charge in [-0.25, -0.2) is 18.4 Å². The molecule has 1 atom stereocenters. The average molecular weight is 512 g/mol. The van der Waals surface area contributed by atoms with Crippen molar-refractivity contribution in [2.45, 2.75) is 31.3 Å². The molecule has 2 N–H and O–H groups in total. The minimum Gasteiger partial charge on any atom is -0.480 e. The molecule has 10 heteroatoms. The van der Waals surface area contributed by atoms with E-state index in [9.17, 15) is 28.3 Å². The molecule has 36 heavy (non-hydrogen) atoms. The van der Waals surface area contributed by atoms with Crippen LogP contribution in [0.1, 0.15) is 34.8 Å². The maximum absolute atomic E-state index is 14.8. The minimum absolute atomic E-state index is 0.0465. The van der Waals surface area contributed by atoms with Crippen LogP contribution in [0.5, 0.6) is 0 Å². The molecule has 0 saturated heterocycles. The van der Waals surface area contributed by atoms with Crippen LogP contribution < -0.4 is 11.0 Å². The molecule has 0 unspecified atom stereocenters. The molecule has 0 radical (unpaired) electrons. The predicted octanol–water partition coefficient (Wildman–Crippen LogP) is 4.48. The fourth-order valence-electron chi connectivity index (χ4n) is 4.31. The Morgan fingerprint density at radius 1 is 1.03 bits per heavy atom. The second kappa shape index (κ2) is 9.23. The highest BCUT2D eigenvalue weighted by Gasteiger charge is 2.30. The summed E-state index contributed by atoms with van der Waals surface area (Å²) < 4.78 is 31.7. The van der Waals surface area contributed by atoms with Crippen molar-refractivity contribution in [3.63, 3.8) is 0 Å². The molecule has 0 aliphatic heterocycles. The first-order chi connectivity index (χ1) is 17.3. The number of hydrogen-bond acceptors (Lipinski definition) is 3. The summed E-state index contributed by atoms with van der Waals surface area (Å²) in [5, 5.41) is 11.8. The molecule has 7 nitrogen and oxygen atoms in total. The number of para-hydroxylation sites is 1. The summed E-state index contributed by atoms with van der Waals surface area (Å²) in [5.74, 6) is -3.65. The summed E-state index contributed by atoms with van der Waals surface area (Å²) in [6, 6.07) is 13.4. The molecular weight excluding hydrogens is 492 g/mol.